The van der Waals surface area contributed by atoms with Gasteiger partial charge in [-0.25, -0.2) is 9.97 Å². The minimum absolute atomic E-state index is 0.0328. The molecule has 0 amide bonds. The summed E-state index contributed by atoms with van der Waals surface area (Å²) in [6.07, 6.45) is 5.22. The molecule has 0 radical (unpaired) electrons. The van der Waals surface area contributed by atoms with E-state index in [4.69, 9.17) is 4.74 Å². The number of hydrogen-bond acceptors (Lipinski definition) is 6. The number of ether oxygens (including phenoxy) is 1. The monoisotopic (exact) mass is 341 g/mol. The molecular formula is C17H19N5OS. The smallest absolute Gasteiger partial charge is 0.316 e. The third-order valence-electron chi connectivity index (χ3n) is 4.02. The highest BCUT2D eigenvalue weighted by molar-refractivity contribution is 7.11. The van der Waals surface area contributed by atoms with E-state index in [2.05, 4.69) is 45.1 Å². The van der Waals surface area contributed by atoms with Crippen molar-refractivity contribution < 1.29 is 4.74 Å². The number of rotatable bonds is 4. The molecule has 0 fully saturated rings. The van der Waals surface area contributed by atoms with Crippen LogP contribution in [-0.4, -0.2) is 37.3 Å². The molecule has 24 heavy (non-hydrogen) atoms. The van der Waals surface area contributed by atoms with Crippen molar-refractivity contribution in [2.75, 3.05) is 6.54 Å². The van der Waals surface area contributed by atoms with Gasteiger partial charge in [0, 0.05) is 48.0 Å². The summed E-state index contributed by atoms with van der Waals surface area (Å²) in [6, 6.07) is 8.67. The molecule has 0 N–H and O–H groups in total. The molecular weight excluding hydrogens is 322 g/mol. The topological polar surface area (TPSA) is 56.1 Å². The van der Waals surface area contributed by atoms with E-state index in [0.717, 1.165) is 19.6 Å². The van der Waals surface area contributed by atoms with E-state index in [9.17, 15) is 0 Å². The summed E-state index contributed by atoms with van der Waals surface area (Å²) in [4.78, 5) is 13.5. The minimum Gasteiger partial charge on any atom is -0.457 e. The fourth-order valence-corrected chi connectivity index (χ4v) is 3.90. The zero-order chi connectivity index (χ0) is 16.4. The highest BCUT2D eigenvalue weighted by atomic mass is 32.1. The molecule has 6 nitrogen and oxygen atoms in total. The van der Waals surface area contributed by atoms with E-state index in [1.54, 1.807) is 18.5 Å². The summed E-state index contributed by atoms with van der Waals surface area (Å²) >= 11 is 1.85. The van der Waals surface area contributed by atoms with Gasteiger partial charge in [-0.1, -0.05) is 0 Å². The van der Waals surface area contributed by atoms with Gasteiger partial charge in [0.05, 0.1) is 12.2 Å². The van der Waals surface area contributed by atoms with Gasteiger partial charge >= 0.3 is 6.01 Å². The predicted molar refractivity (Wildman–Crippen MR) is 91.8 cm³/mol. The Bertz CT molecular complexity index is 800. The van der Waals surface area contributed by atoms with Crippen LogP contribution in [0.5, 0.6) is 6.01 Å². The van der Waals surface area contributed by atoms with Crippen LogP contribution in [0.15, 0.2) is 42.9 Å². The van der Waals surface area contributed by atoms with Crippen molar-refractivity contribution in [2.24, 2.45) is 0 Å². The molecule has 3 aromatic rings. The molecule has 3 aromatic heterocycles. The second kappa shape index (κ2) is 6.70. The van der Waals surface area contributed by atoms with E-state index in [1.807, 2.05) is 22.2 Å². The third-order valence-corrected chi connectivity index (χ3v) is 5.00. The van der Waals surface area contributed by atoms with Crippen molar-refractivity contribution in [3.8, 4) is 6.01 Å². The van der Waals surface area contributed by atoms with Crippen LogP contribution in [0.25, 0.3) is 0 Å². The van der Waals surface area contributed by atoms with Crippen molar-refractivity contribution in [2.45, 2.75) is 32.7 Å². The Morgan fingerprint density at radius 1 is 1.17 bits per heavy atom. The average Bonchev–Trinajstić information content (AvgIpc) is 3.14. The first kappa shape index (κ1) is 15.3. The van der Waals surface area contributed by atoms with Gasteiger partial charge < -0.3 is 4.74 Å². The van der Waals surface area contributed by atoms with Gasteiger partial charge in [-0.2, -0.15) is 5.10 Å². The van der Waals surface area contributed by atoms with E-state index < -0.39 is 0 Å². The van der Waals surface area contributed by atoms with E-state index >= 15 is 0 Å². The number of thiophene rings is 1. The van der Waals surface area contributed by atoms with Gasteiger partial charge in [-0.3, -0.25) is 9.58 Å². The van der Waals surface area contributed by atoms with Crippen LogP contribution in [-0.2, 0) is 19.6 Å². The van der Waals surface area contributed by atoms with E-state index in [0.29, 0.717) is 12.6 Å². The summed E-state index contributed by atoms with van der Waals surface area (Å²) in [6.45, 7) is 5.45. The molecule has 1 aliphatic rings. The minimum atomic E-state index is -0.0328. The molecule has 0 saturated carbocycles. The molecule has 0 aliphatic carbocycles. The maximum atomic E-state index is 6.01. The first-order chi connectivity index (χ1) is 11.8. The SMILES string of the molecule is Cc1ccc(CN2Cc3ccnn3C[C@@H](Oc3ncccn3)C2)s1. The van der Waals surface area contributed by atoms with Gasteiger partial charge in [-0.15, -0.1) is 11.3 Å². The third kappa shape index (κ3) is 3.47. The van der Waals surface area contributed by atoms with Crippen molar-refractivity contribution in [1.82, 2.24) is 24.6 Å². The zero-order valence-corrected chi connectivity index (χ0v) is 14.3. The standard InChI is InChI=1S/C17H19N5OS/c1-13-3-4-16(24-13)12-21-9-14-5-8-20-22(14)11-15(10-21)23-17-18-6-2-7-19-17/h2-8,15H,9-12H2,1H3/t15-/m0/s1. The Balaban J connectivity index is 1.54. The van der Waals surface area contributed by atoms with Crippen LogP contribution in [0.2, 0.25) is 0 Å². The fraction of sp³-hybridized carbons (Fsp3) is 0.353. The van der Waals surface area contributed by atoms with E-state index in [1.165, 1.54) is 15.4 Å². The predicted octanol–water partition coefficient (Wildman–Crippen LogP) is 2.51. The molecule has 4 heterocycles. The molecule has 124 valence electrons. The van der Waals surface area contributed by atoms with Gasteiger partial charge in [0.2, 0.25) is 0 Å². The molecule has 0 saturated heterocycles. The Kier molecular flexibility index (Phi) is 4.27. The summed E-state index contributed by atoms with van der Waals surface area (Å²) in [5.41, 5.74) is 1.21. The molecule has 1 atom stereocenters. The van der Waals surface area contributed by atoms with Crippen LogP contribution in [0, 0.1) is 6.92 Å². The highest BCUT2D eigenvalue weighted by Crippen LogP contribution is 2.21. The number of fused-ring (bicyclic) bond motifs is 1. The van der Waals surface area contributed by atoms with Crippen LogP contribution in [0.1, 0.15) is 15.4 Å². The lowest BCUT2D eigenvalue weighted by molar-refractivity contribution is 0.113. The zero-order valence-electron chi connectivity index (χ0n) is 13.5. The Morgan fingerprint density at radius 2 is 2.04 bits per heavy atom. The maximum Gasteiger partial charge on any atom is 0.316 e. The molecule has 1 aliphatic heterocycles. The van der Waals surface area contributed by atoms with Crippen molar-refractivity contribution in [1.29, 1.82) is 0 Å². The summed E-state index contributed by atoms with van der Waals surface area (Å²) in [5.74, 6) is 0. The molecule has 7 heteroatoms. The van der Waals surface area contributed by atoms with Crippen LogP contribution in [0.4, 0.5) is 0 Å². The normalized spacial score (nSPS) is 18.1. The Hall–Kier alpha value is -2.25. The van der Waals surface area contributed by atoms with Crippen LogP contribution in [0.3, 0.4) is 0 Å². The van der Waals surface area contributed by atoms with Crippen LogP contribution >= 0.6 is 11.3 Å². The van der Waals surface area contributed by atoms with Gasteiger partial charge in [0.15, 0.2) is 0 Å². The Labute approximate surface area is 144 Å². The lowest BCUT2D eigenvalue weighted by Crippen LogP contribution is -2.35. The fourth-order valence-electron chi connectivity index (χ4n) is 2.97. The van der Waals surface area contributed by atoms with Gasteiger partial charge in [0.25, 0.3) is 0 Å². The van der Waals surface area contributed by atoms with Gasteiger partial charge in [-0.05, 0) is 31.2 Å². The number of aromatic nitrogens is 4. The highest BCUT2D eigenvalue weighted by Gasteiger charge is 2.24. The second-order valence-corrected chi connectivity index (χ2v) is 7.33. The van der Waals surface area contributed by atoms with Crippen molar-refractivity contribution in [3.05, 3.63) is 58.3 Å². The number of nitrogens with zero attached hydrogens (tertiary/aromatic N) is 5. The van der Waals surface area contributed by atoms with E-state index in [-0.39, 0.29) is 6.10 Å². The Morgan fingerprint density at radius 3 is 2.83 bits per heavy atom. The lowest BCUT2D eigenvalue weighted by Gasteiger charge is -2.23. The number of aryl methyl sites for hydroxylation is 1. The average molecular weight is 341 g/mol. The molecule has 4 rings (SSSR count). The lowest BCUT2D eigenvalue weighted by atomic mass is 10.3. The maximum absolute atomic E-state index is 6.01. The molecule has 0 spiro atoms. The summed E-state index contributed by atoms with van der Waals surface area (Å²) in [5, 5.41) is 4.43. The quantitative estimate of drug-likeness (QED) is 0.730. The first-order valence-corrected chi connectivity index (χ1v) is 8.80. The number of hydrogen-bond donors (Lipinski definition) is 0. The summed E-state index contributed by atoms with van der Waals surface area (Å²) < 4.78 is 8.03. The largest absolute Gasteiger partial charge is 0.457 e. The molecule has 0 bridgehead atoms. The second-order valence-electron chi connectivity index (χ2n) is 5.96. The molecule has 0 unspecified atom stereocenters. The molecule has 0 aromatic carbocycles. The summed E-state index contributed by atoms with van der Waals surface area (Å²) in [7, 11) is 0. The first-order valence-electron chi connectivity index (χ1n) is 7.98. The van der Waals surface area contributed by atoms with Gasteiger partial charge in [0.1, 0.15) is 6.10 Å². The van der Waals surface area contributed by atoms with Crippen molar-refractivity contribution >= 4 is 11.3 Å². The van der Waals surface area contributed by atoms with Crippen molar-refractivity contribution in [3.63, 3.8) is 0 Å². The van der Waals surface area contributed by atoms with Crippen LogP contribution < -0.4 is 4.74 Å².